The smallest absolute Gasteiger partial charge is 0.191 e. The highest BCUT2D eigenvalue weighted by Crippen LogP contribution is 2.13. The van der Waals surface area contributed by atoms with Crippen molar-refractivity contribution in [2.45, 2.75) is 53.2 Å². The molecule has 22 heavy (non-hydrogen) atoms. The molecule has 1 aromatic carbocycles. The van der Waals surface area contributed by atoms with Crippen molar-refractivity contribution in [1.29, 1.82) is 0 Å². The molecule has 0 saturated carbocycles. The molecule has 0 saturated heterocycles. The normalized spacial score (nSPS) is 12.0. The van der Waals surface area contributed by atoms with Gasteiger partial charge in [0.1, 0.15) is 0 Å². The van der Waals surface area contributed by atoms with Crippen molar-refractivity contribution in [1.82, 2.24) is 15.5 Å². The zero-order chi connectivity index (χ0) is 16.4. The SMILES string of the molecule is CCCNC(=NCc1ccccc1CN(C)C(C)C)NCC. The number of guanidine groups is 1. The Hall–Kier alpha value is -1.55. The average Bonchev–Trinajstić information content (AvgIpc) is 2.51. The maximum absolute atomic E-state index is 4.71. The van der Waals surface area contributed by atoms with Gasteiger partial charge < -0.3 is 10.6 Å². The fourth-order valence-electron chi connectivity index (χ4n) is 2.07. The van der Waals surface area contributed by atoms with Crippen molar-refractivity contribution in [2.75, 3.05) is 20.1 Å². The molecule has 4 heteroatoms. The quantitative estimate of drug-likeness (QED) is 0.573. The standard InChI is InChI=1S/C18H32N4/c1-6-12-20-18(19-7-2)21-13-16-10-8-9-11-17(16)14-22(5)15(3)4/h8-11,15H,6-7,12-14H2,1-5H3,(H2,19,20,21). The van der Waals surface area contributed by atoms with Crippen LogP contribution >= 0.6 is 0 Å². The van der Waals surface area contributed by atoms with Gasteiger partial charge in [-0.1, -0.05) is 31.2 Å². The Labute approximate surface area is 136 Å². The molecule has 1 rings (SSSR count). The molecule has 0 fully saturated rings. The van der Waals surface area contributed by atoms with Gasteiger partial charge in [-0.25, -0.2) is 4.99 Å². The minimum atomic E-state index is 0.542. The maximum Gasteiger partial charge on any atom is 0.191 e. The predicted molar refractivity (Wildman–Crippen MR) is 96.2 cm³/mol. The van der Waals surface area contributed by atoms with E-state index in [9.17, 15) is 0 Å². The monoisotopic (exact) mass is 304 g/mol. The van der Waals surface area contributed by atoms with E-state index in [1.54, 1.807) is 0 Å². The summed E-state index contributed by atoms with van der Waals surface area (Å²) in [6.45, 7) is 12.2. The summed E-state index contributed by atoms with van der Waals surface area (Å²) in [6, 6.07) is 9.12. The van der Waals surface area contributed by atoms with Crippen molar-refractivity contribution in [3.8, 4) is 0 Å². The van der Waals surface area contributed by atoms with Crippen LogP contribution in [0, 0.1) is 0 Å². The summed E-state index contributed by atoms with van der Waals surface area (Å²) >= 11 is 0. The molecule has 0 amide bonds. The van der Waals surface area contributed by atoms with Gasteiger partial charge in [0.15, 0.2) is 5.96 Å². The van der Waals surface area contributed by atoms with E-state index in [1.807, 2.05) is 0 Å². The fraction of sp³-hybridized carbons (Fsp3) is 0.611. The average molecular weight is 304 g/mol. The molecule has 0 aromatic heterocycles. The number of nitrogens with zero attached hydrogens (tertiary/aromatic N) is 2. The highest BCUT2D eigenvalue weighted by molar-refractivity contribution is 5.79. The number of nitrogens with one attached hydrogen (secondary N) is 2. The second kappa shape index (κ2) is 10.2. The van der Waals surface area contributed by atoms with Crippen LogP contribution in [0.25, 0.3) is 0 Å². The molecule has 0 heterocycles. The van der Waals surface area contributed by atoms with E-state index in [1.165, 1.54) is 11.1 Å². The molecule has 0 atom stereocenters. The van der Waals surface area contributed by atoms with Crippen LogP contribution < -0.4 is 10.6 Å². The van der Waals surface area contributed by atoms with Gasteiger partial charge in [0.25, 0.3) is 0 Å². The Morgan fingerprint density at radius 2 is 1.82 bits per heavy atom. The van der Waals surface area contributed by atoms with Crippen LogP contribution in [0.2, 0.25) is 0 Å². The van der Waals surface area contributed by atoms with Gasteiger partial charge in [0.2, 0.25) is 0 Å². The summed E-state index contributed by atoms with van der Waals surface area (Å²) in [6.07, 6.45) is 1.10. The molecule has 0 unspecified atom stereocenters. The Morgan fingerprint density at radius 3 is 2.41 bits per heavy atom. The predicted octanol–water partition coefficient (Wildman–Crippen LogP) is 2.99. The summed E-state index contributed by atoms with van der Waals surface area (Å²) in [5.41, 5.74) is 2.65. The van der Waals surface area contributed by atoms with Gasteiger partial charge in [0.05, 0.1) is 6.54 Å². The van der Waals surface area contributed by atoms with Crippen LogP contribution in [0.1, 0.15) is 45.2 Å². The number of hydrogen-bond donors (Lipinski definition) is 2. The van der Waals surface area contributed by atoms with E-state index in [2.05, 4.69) is 74.5 Å². The van der Waals surface area contributed by atoms with E-state index < -0.39 is 0 Å². The molecule has 2 N–H and O–H groups in total. The Bertz CT molecular complexity index is 454. The van der Waals surface area contributed by atoms with E-state index in [-0.39, 0.29) is 0 Å². The molecule has 1 aromatic rings. The lowest BCUT2D eigenvalue weighted by Crippen LogP contribution is -2.37. The molecule has 124 valence electrons. The lowest BCUT2D eigenvalue weighted by Gasteiger charge is -2.22. The van der Waals surface area contributed by atoms with E-state index in [4.69, 9.17) is 4.99 Å². The summed E-state index contributed by atoms with van der Waals surface area (Å²) in [5, 5.41) is 6.64. The Morgan fingerprint density at radius 1 is 1.14 bits per heavy atom. The van der Waals surface area contributed by atoms with Gasteiger partial charge in [-0.05, 0) is 45.4 Å². The lowest BCUT2D eigenvalue weighted by molar-refractivity contribution is 0.265. The first-order valence-corrected chi connectivity index (χ1v) is 8.37. The number of hydrogen-bond acceptors (Lipinski definition) is 2. The molecule has 4 nitrogen and oxygen atoms in total. The second-order valence-corrected chi connectivity index (χ2v) is 5.90. The molecule has 0 aliphatic rings. The first-order valence-electron chi connectivity index (χ1n) is 8.37. The summed E-state index contributed by atoms with van der Waals surface area (Å²) in [4.78, 5) is 7.06. The largest absolute Gasteiger partial charge is 0.357 e. The van der Waals surface area contributed by atoms with E-state index in [0.29, 0.717) is 12.6 Å². The minimum absolute atomic E-state index is 0.542. The van der Waals surface area contributed by atoms with Gasteiger partial charge in [0, 0.05) is 25.7 Å². The van der Waals surface area contributed by atoms with Crippen molar-refractivity contribution in [3.63, 3.8) is 0 Å². The molecule has 0 aliphatic heterocycles. The zero-order valence-electron chi connectivity index (χ0n) is 14.8. The van der Waals surface area contributed by atoms with Crippen LogP contribution in [0.4, 0.5) is 0 Å². The van der Waals surface area contributed by atoms with Gasteiger partial charge in [-0.3, -0.25) is 4.90 Å². The summed E-state index contributed by atoms with van der Waals surface area (Å²) < 4.78 is 0. The van der Waals surface area contributed by atoms with Crippen molar-refractivity contribution >= 4 is 5.96 Å². The third-order valence-electron chi connectivity index (χ3n) is 3.71. The number of rotatable bonds is 8. The first kappa shape index (κ1) is 18.5. The molecule has 0 spiro atoms. The van der Waals surface area contributed by atoms with Crippen molar-refractivity contribution < 1.29 is 0 Å². The number of benzene rings is 1. The summed E-state index contributed by atoms with van der Waals surface area (Å²) in [7, 11) is 2.16. The fourth-order valence-corrected chi connectivity index (χ4v) is 2.07. The van der Waals surface area contributed by atoms with Crippen LogP contribution in [-0.4, -0.2) is 37.0 Å². The van der Waals surface area contributed by atoms with Gasteiger partial charge >= 0.3 is 0 Å². The minimum Gasteiger partial charge on any atom is -0.357 e. The third-order valence-corrected chi connectivity index (χ3v) is 3.71. The molecular formula is C18H32N4. The van der Waals surface area contributed by atoms with Crippen molar-refractivity contribution in [3.05, 3.63) is 35.4 Å². The van der Waals surface area contributed by atoms with Crippen molar-refractivity contribution in [2.24, 2.45) is 4.99 Å². The Kier molecular flexibility index (Phi) is 8.60. The van der Waals surface area contributed by atoms with E-state index >= 15 is 0 Å². The zero-order valence-corrected chi connectivity index (χ0v) is 14.8. The van der Waals surface area contributed by atoms with Crippen LogP contribution in [0.15, 0.2) is 29.3 Å². The van der Waals surface area contributed by atoms with E-state index in [0.717, 1.165) is 32.0 Å². The molecule has 0 radical (unpaired) electrons. The first-order chi connectivity index (χ1) is 10.6. The molecule has 0 bridgehead atoms. The van der Waals surface area contributed by atoms with Crippen LogP contribution in [0.5, 0.6) is 0 Å². The lowest BCUT2D eigenvalue weighted by atomic mass is 10.1. The van der Waals surface area contributed by atoms with Crippen LogP contribution in [-0.2, 0) is 13.1 Å². The third kappa shape index (κ3) is 6.48. The molecular weight excluding hydrogens is 272 g/mol. The van der Waals surface area contributed by atoms with Gasteiger partial charge in [-0.15, -0.1) is 0 Å². The summed E-state index contributed by atoms with van der Waals surface area (Å²) in [5.74, 6) is 0.899. The highest BCUT2D eigenvalue weighted by atomic mass is 15.2. The Balaban J connectivity index is 2.78. The number of aliphatic imine (C=N–C) groups is 1. The molecule has 0 aliphatic carbocycles. The second-order valence-electron chi connectivity index (χ2n) is 5.90. The maximum atomic E-state index is 4.71. The van der Waals surface area contributed by atoms with Crippen LogP contribution in [0.3, 0.4) is 0 Å². The topological polar surface area (TPSA) is 39.7 Å². The highest BCUT2D eigenvalue weighted by Gasteiger charge is 2.08. The van der Waals surface area contributed by atoms with Gasteiger partial charge in [-0.2, -0.15) is 0 Å².